The van der Waals surface area contributed by atoms with Crippen LogP contribution in [0.1, 0.15) is 0 Å². The van der Waals surface area contributed by atoms with Crippen molar-refractivity contribution in [2.24, 2.45) is 0 Å². The van der Waals surface area contributed by atoms with Crippen LogP contribution in [0, 0.1) is 0 Å². The molecule has 0 aliphatic heterocycles. The highest BCUT2D eigenvalue weighted by Gasteiger charge is 2.25. The van der Waals surface area contributed by atoms with Gasteiger partial charge in [-0.05, 0) is 46.5 Å². The Bertz CT molecular complexity index is 1570. The van der Waals surface area contributed by atoms with E-state index in [2.05, 4.69) is 82.8 Å². The van der Waals surface area contributed by atoms with E-state index in [4.69, 9.17) is 9.47 Å². The van der Waals surface area contributed by atoms with E-state index >= 15 is 0 Å². The van der Waals surface area contributed by atoms with E-state index in [1.807, 2.05) is 36.7 Å². The van der Waals surface area contributed by atoms with Crippen molar-refractivity contribution >= 4 is 10.8 Å². The van der Waals surface area contributed by atoms with Crippen molar-refractivity contribution in [1.29, 1.82) is 0 Å². The Morgan fingerprint density at radius 3 is 1.18 bits per heavy atom. The van der Waals surface area contributed by atoms with Gasteiger partial charge in [0, 0.05) is 57.8 Å². The fraction of sp³-hybridized carbons (Fsp3) is 0.0588. The van der Waals surface area contributed by atoms with Crippen LogP contribution in [0.15, 0.2) is 122 Å². The fourth-order valence-corrected chi connectivity index (χ4v) is 5.16. The summed E-state index contributed by atoms with van der Waals surface area (Å²) < 4.78 is 12.4. The maximum Gasteiger partial charge on any atom is 0.135 e. The van der Waals surface area contributed by atoms with Crippen LogP contribution in [0.5, 0.6) is 11.5 Å². The van der Waals surface area contributed by atoms with Crippen molar-refractivity contribution in [3.05, 3.63) is 122 Å². The van der Waals surface area contributed by atoms with E-state index in [9.17, 15) is 0 Å². The molecule has 0 spiro atoms. The first-order valence-electron chi connectivity index (χ1n) is 12.5. The lowest BCUT2D eigenvalue weighted by atomic mass is 9.85. The third-order valence-corrected chi connectivity index (χ3v) is 6.83. The van der Waals surface area contributed by atoms with E-state index in [0.29, 0.717) is 0 Å². The smallest absolute Gasteiger partial charge is 0.135 e. The van der Waals surface area contributed by atoms with Gasteiger partial charge in [-0.25, -0.2) is 0 Å². The molecule has 0 N–H and O–H groups in total. The second-order valence-electron chi connectivity index (χ2n) is 8.98. The summed E-state index contributed by atoms with van der Waals surface area (Å²) in [5.74, 6) is 1.56. The zero-order valence-electron chi connectivity index (χ0n) is 21.3. The Morgan fingerprint density at radius 2 is 0.842 bits per heavy atom. The van der Waals surface area contributed by atoms with Crippen molar-refractivity contribution < 1.29 is 9.47 Å². The van der Waals surface area contributed by atoms with E-state index < -0.39 is 0 Å². The lowest BCUT2D eigenvalue weighted by Crippen LogP contribution is -1.99. The molecule has 0 saturated carbocycles. The van der Waals surface area contributed by atoms with E-state index in [1.54, 1.807) is 26.6 Å². The molecule has 184 valence electrons. The number of rotatable bonds is 6. The summed E-state index contributed by atoms with van der Waals surface area (Å²) in [6.45, 7) is 0. The highest BCUT2D eigenvalue weighted by atomic mass is 16.5. The maximum absolute atomic E-state index is 6.22. The molecule has 4 aromatic carbocycles. The fourth-order valence-electron chi connectivity index (χ4n) is 5.16. The van der Waals surface area contributed by atoms with Crippen molar-refractivity contribution in [2.75, 3.05) is 14.2 Å². The number of pyridine rings is 2. The van der Waals surface area contributed by atoms with E-state index in [1.165, 1.54) is 0 Å². The number of hydrogen-bond acceptors (Lipinski definition) is 4. The van der Waals surface area contributed by atoms with Gasteiger partial charge in [-0.15, -0.1) is 0 Å². The standard InChI is InChI=1S/C34H26N2O2/c1-37-33-29(25-15-9-17-35-21-25)19-28(24-13-7-4-8-14-24)32-31(33)27(23-11-5-3-6-12-23)20-30(34(32)38-2)26-16-10-18-36-22-26/h3-22H,1-2H3. The number of methoxy groups -OCH3 is 2. The average molecular weight is 495 g/mol. The lowest BCUT2D eigenvalue weighted by molar-refractivity contribution is 0.417. The first-order valence-corrected chi connectivity index (χ1v) is 12.5. The molecule has 0 unspecified atom stereocenters. The van der Waals surface area contributed by atoms with Gasteiger partial charge < -0.3 is 9.47 Å². The summed E-state index contributed by atoms with van der Waals surface area (Å²) in [7, 11) is 3.46. The maximum atomic E-state index is 6.22. The number of hydrogen-bond donors (Lipinski definition) is 0. The lowest BCUT2D eigenvalue weighted by Gasteiger charge is -2.23. The summed E-state index contributed by atoms with van der Waals surface area (Å²) in [4.78, 5) is 8.80. The number of fused-ring (bicyclic) bond motifs is 1. The topological polar surface area (TPSA) is 44.2 Å². The van der Waals surface area contributed by atoms with Crippen molar-refractivity contribution in [3.8, 4) is 56.0 Å². The zero-order chi connectivity index (χ0) is 25.9. The normalized spacial score (nSPS) is 10.9. The molecule has 0 aliphatic carbocycles. The predicted octanol–water partition coefficient (Wildman–Crippen LogP) is 8.32. The van der Waals surface area contributed by atoms with Crippen LogP contribution in [0.4, 0.5) is 0 Å². The molecule has 4 heteroatoms. The second-order valence-corrected chi connectivity index (χ2v) is 8.98. The molecule has 0 atom stereocenters. The number of benzene rings is 4. The van der Waals surface area contributed by atoms with Crippen LogP contribution < -0.4 is 9.47 Å². The predicted molar refractivity (Wildman–Crippen MR) is 154 cm³/mol. The van der Waals surface area contributed by atoms with Crippen molar-refractivity contribution in [2.45, 2.75) is 0 Å². The molecule has 2 aromatic heterocycles. The molecule has 0 fully saturated rings. The minimum absolute atomic E-state index is 0.780. The van der Waals surface area contributed by atoms with Crippen LogP contribution in [-0.4, -0.2) is 24.2 Å². The van der Waals surface area contributed by atoms with Gasteiger partial charge in [-0.1, -0.05) is 72.8 Å². The Hall–Kier alpha value is -4.96. The van der Waals surface area contributed by atoms with Crippen LogP contribution in [0.3, 0.4) is 0 Å². The van der Waals surface area contributed by atoms with Gasteiger partial charge in [0.05, 0.1) is 14.2 Å². The summed E-state index contributed by atoms with van der Waals surface area (Å²) >= 11 is 0. The van der Waals surface area contributed by atoms with Gasteiger partial charge in [0.15, 0.2) is 0 Å². The Labute approximate surface area is 222 Å². The Kier molecular flexibility index (Phi) is 6.29. The second kappa shape index (κ2) is 10.2. The molecule has 38 heavy (non-hydrogen) atoms. The Balaban J connectivity index is 1.86. The summed E-state index contributed by atoms with van der Waals surface area (Å²) in [6.07, 6.45) is 7.32. The molecule has 6 rings (SSSR count). The highest BCUT2D eigenvalue weighted by Crippen LogP contribution is 2.52. The van der Waals surface area contributed by atoms with Gasteiger partial charge in [0.1, 0.15) is 11.5 Å². The number of nitrogens with zero attached hydrogens (tertiary/aromatic N) is 2. The van der Waals surface area contributed by atoms with Crippen molar-refractivity contribution in [3.63, 3.8) is 0 Å². The van der Waals surface area contributed by atoms with Gasteiger partial charge in [-0.2, -0.15) is 0 Å². The van der Waals surface area contributed by atoms with Crippen LogP contribution in [0.25, 0.3) is 55.3 Å². The van der Waals surface area contributed by atoms with Crippen LogP contribution in [-0.2, 0) is 0 Å². The molecule has 0 aliphatic rings. The highest BCUT2D eigenvalue weighted by molar-refractivity contribution is 6.16. The van der Waals surface area contributed by atoms with E-state index in [0.717, 1.165) is 66.8 Å². The van der Waals surface area contributed by atoms with Crippen LogP contribution in [0.2, 0.25) is 0 Å². The molecule has 0 amide bonds. The van der Waals surface area contributed by atoms with Gasteiger partial charge in [0.25, 0.3) is 0 Å². The van der Waals surface area contributed by atoms with Crippen LogP contribution >= 0.6 is 0 Å². The first-order chi connectivity index (χ1) is 18.8. The zero-order valence-corrected chi connectivity index (χ0v) is 21.3. The molecule has 6 aromatic rings. The molecule has 0 radical (unpaired) electrons. The summed E-state index contributed by atoms with van der Waals surface area (Å²) in [5.41, 5.74) is 8.20. The summed E-state index contributed by atoms with van der Waals surface area (Å²) in [5, 5.41) is 1.98. The third-order valence-electron chi connectivity index (χ3n) is 6.83. The molecule has 0 saturated heterocycles. The molecule has 2 heterocycles. The molecule has 4 nitrogen and oxygen atoms in total. The average Bonchev–Trinajstić information content (AvgIpc) is 3.01. The molecular formula is C34H26N2O2. The van der Waals surface area contributed by atoms with Gasteiger partial charge in [0.2, 0.25) is 0 Å². The SMILES string of the molecule is COc1c(-c2cccnc2)cc(-c2ccccc2)c2c(OC)c(-c3cccnc3)cc(-c3ccccc3)c12. The quantitative estimate of drug-likeness (QED) is 0.233. The van der Waals surface area contributed by atoms with E-state index in [-0.39, 0.29) is 0 Å². The number of aromatic nitrogens is 2. The first kappa shape index (κ1) is 23.4. The minimum atomic E-state index is 0.780. The van der Waals surface area contributed by atoms with Gasteiger partial charge in [-0.3, -0.25) is 9.97 Å². The van der Waals surface area contributed by atoms with Crippen molar-refractivity contribution in [1.82, 2.24) is 9.97 Å². The monoisotopic (exact) mass is 494 g/mol. The molecular weight excluding hydrogens is 468 g/mol. The summed E-state index contributed by atoms with van der Waals surface area (Å²) in [6, 6.07) is 33.2. The molecule has 0 bridgehead atoms. The Morgan fingerprint density at radius 1 is 0.447 bits per heavy atom. The van der Waals surface area contributed by atoms with Gasteiger partial charge >= 0.3 is 0 Å². The number of ether oxygens (including phenoxy) is 2. The minimum Gasteiger partial charge on any atom is -0.495 e. The largest absolute Gasteiger partial charge is 0.495 e. The third kappa shape index (κ3) is 4.06.